The van der Waals surface area contributed by atoms with Gasteiger partial charge in [-0.1, -0.05) is 30.3 Å². The van der Waals surface area contributed by atoms with Crippen molar-refractivity contribution in [3.8, 4) is 0 Å². The highest BCUT2D eigenvalue weighted by molar-refractivity contribution is 5.80. The fraction of sp³-hybridized carbons (Fsp3) is 0.333. The molecule has 142 valence electrons. The first kappa shape index (κ1) is 19.0. The van der Waals surface area contributed by atoms with Crippen molar-refractivity contribution in [2.75, 3.05) is 26.2 Å². The quantitative estimate of drug-likeness (QED) is 0.810. The van der Waals surface area contributed by atoms with E-state index in [0.29, 0.717) is 38.2 Å². The Bertz CT molecular complexity index is 800. The van der Waals surface area contributed by atoms with E-state index in [9.17, 15) is 18.4 Å². The fourth-order valence-electron chi connectivity index (χ4n) is 3.19. The molecule has 2 aromatic rings. The standard InChI is InChI=1S/C21H22F2N2O2/c22-18-8-5-16(6-9-18)15-21(27)25-13-11-24(12-14-25)20(26)10-7-17-3-1-2-4-19(17)23/h1-6,8-9H,7,10-15H2. The van der Waals surface area contributed by atoms with E-state index in [1.165, 1.54) is 18.2 Å². The minimum atomic E-state index is -0.325. The summed E-state index contributed by atoms with van der Waals surface area (Å²) in [5.74, 6) is -0.667. The van der Waals surface area contributed by atoms with E-state index in [-0.39, 0.29) is 36.3 Å². The van der Waals surface area contributed by atoms with Crippen molar-refractivity contribution in [2.24, 2.45) is 0 Å². The summed E-state index contributed by atoms with van der Waals surface area (Å²) in [5, 5.41) is 0. The van der Waals surface area contributed by atoms with Crippen LogP contribution < -0.4 is 0 Å². The Hall–Kier alpha value is -2.76. The summed E-state index contributed by atoms with van der Waals surface area (Å²) < 4.78 is 26.6. The Labute approximate surface area is 157 Å². The average Bonchev–Trinajstić information content (AvgIpc) is 2.69. The van der Waals surface area contributed by atoms with Crippen molar-refractivity contribution in [1.82, 2.24) is 9.80 Å². The van der Waals surface area contributed by atoms with Crippen LogP contribution in [0.15, 0.2) is 48.5 Å². The van der Waals surface area contributed by atoms with Gasteiger partial charge in [0.15, 0.2) is 0 Å². The van der Waals surface area contributed by atoms with Crippen molar-refractivity contribution >= 4 is 11.8 Å². The number of hydrogen-bond donors (Lipinski definition) is 0. The minimum absolute atomic E-state index is 0.0242. The molecule has 0 spiro atoms. The number of carbonyl (C=O) groups is 2. The van der Waals surface area contributed by atoms with Crippen LogP contribution in [-0.2, 0) is 22.4 Å². The second-order valence-electron chi connectivity index (χ2n) is 6.66. The van der Waals surface area contributed by atoms with Crippen molar-refractivity contribution in [3.63, 3.8) is 0 Å². The predicted molar refractivity (Wildman–Crippen MR) is 98.0 cm³/mol. The van der Waals surface area contributed by atoms with Crippen LogP contribution in [-0.4, -0.2) is 47.8 Å². The molecule has 0 aliphatic carbocycles. The molecule has 6 heteroatoms. The lowest BCUT2D eigenvalue weighted by Crippen LogP contribution is -2.51. The zero-order valence-corrected chi connectivity index (χ0v) is 15.0. The van der Waals surface area contributed by atoms with Crippen molar-refractivity contribution in [1.29, 1.82) is 0 Å². The van der Waals surface area contributed by atoms with Gasteiger partial charge >= 0.3 is 0 Å². The number of hydrogen-bond acceptors (Lipinski definition) is 2. The molecule has 1 aliphatic rings. The molecule has 2 aromatic carbocycles. The van der Waals surface area contributed by atoms with E-state index in [1.54, 1.807) is 40.1 Å². The van der Waals surface area contributed by atoms with Crippen molar-refractivity contribution in [3.05, 3.63) is 71.3 Å². The van der Waals surface area contributed by atoms with Crippen LogP contribution in [0.3, 0.4) is 0 Å². The van der Waals surface area contributed by atoms with Crippen LogP contribution in [0.4, 0.5) is 8.78 Å². The third-order valence-corrected chi connectivity index (χ3v) is 4.82. The molecule has 4 nitrogen and oxygen atoms in total. The van der Waals surface area contributed by atoms with Gasteiger partial charge in [0, 0.05) is 32.6 Å². The lowest BCUT2D eigenvalue weighted by atomic mass is 10.1. The molecule has 0 atom stereocenters. The van der Waals surface area contributed by atoms with Crippen LogP contribution in [0.1, 0.15) is 17.5 Å². The average molecular weight is 372 g/mol. The molecule has 1 fully saturated rings. The zero-order valence-electron chi connectivity index (χ0n) is 15.0. The Kier molecular flexibility index (Phi) is 6.16. The Morgan fingerprint density at radius 1 is 0.815 bits per heavy atom. The van der Waals surface area contributed by atoms with Crippen LogP contribution in [0.25, 0.3) is 0 Å². The zero-order chi connectivity index (χ0) is 19.2. The van der Waals surface area contributed by atoms with E-state index in [1.807, 2.05) is 0 Å². The van der Waals surface area contributed by atoms with Gasteiger partial charge in [-0.25, -0.2) is 8.78 Å². The van der Waals surface area contributed by atoms with Gasteiger partial charge in [-0.05, 0) is 35.7 Å². The normalized spacial score (nSPS) is 14.3. The van der Waals surface area contributed by atoms with Crippen molar-refractivity contribution < 1.29 is 18.4 Å². The molecule has 0 aromatic heterocycles. The molecular weight excluding hydrogens is 350 g/mol. The molecule has 1 heterocycles. The first-order chi connectivity index (χ1) is 13.0. The van der Waals surface area contributed by atoms with Crippen molar-refractivity contribution in [2.45, 2.75) is 19.3 Å². The van der Waals surface area contributed by atoms with Gasteiger partial charge in [-0.15, -0.1) is 0 Å². The van der Waals surface area contributed by atoms with Gasteiger partial charge in [-0.3, -0.25) is 9.59 Å². The number of halogens is 2. The van der Waals surface area contributed by atoms with Crippen LogP contribution in [0.2, 0.25) is 0 Å². The van der Waals surface area contributed by atoms with Gasteiger partial charge in [-0.2, -0.15) is 0 Å². The monoisotopic (exact) mass is 372 g/mol. The third-order valence-electron chi connectivity index (χ3n) is 4.82. The second kappa shape index (κ2) is 8.75. The molecule has 0 unspecified atom stereocenters. The maximum atomic E-state index is 13.6. The predicted octanol–water partition coefficient (Wildman–Crippen LogP) is 2.81. The molecule has 1 aliphatic heterocycles. The van der Waals surface area contributed by atoms with Crippen LogP contribution in [0, 0.1) is 11.6 Å². The number of carbonyl (C=O) groups excluding carboxylic acids is 2. The summed E-state index contributed by atoms with van der Waals surface area (Å²) in [4.78, 5) is 28.2. The van der Waals surface area contributed by atoms with E-state index in [4.69, 9.17) is 0 Å². The largest absolute Gasteiger partial charge is 0.339 e. The van der Waals surface area contributed by atoms with E-state index < -0.39 is 0 Å². The number of nitrogens with zero attached hydrogens (tertiary/aromatic N) is 2. The number of benzene rings is 2. The highest BCUT2D eigenvalue weighted by Gasteiger charge is 2.24. The summed E-state index contributed by atoms with van der Waals surface area (Å²) in [7, 11) is 0. The Morgan fingerprint density at radius 2 is 1.41 bits per heavy atom. The second-order valence-corrected chi connectivity index (χ2v) is 6.66. The van der Waals surface area contributed by atoms with Crippen LogP contribution >= 0.6 is 0 Å². The van der Waals surface area contributed by atoms with E-state index in [2.05, 4.69) is 0 Å². The number of amides is 2. The molecule has 0 bridgehead atoms. The first-order valence-corrected chi connectivity index (χ1v) is 9.06. The number of aryl methyl sites for hydroxylation is 1. The van der Waals surface area contributed by atoms with Gasteiger partial charge in [0.2, 0.25) is 11.8 Å². The lowest BCUT2D eigenvalue weighted by molar-refractivity contribution is -0.139. The van der Waals surface area contributed by atoms with E-state index >= 15 is 0 Å². The summed E-state index contributed by atoms with van der Waals surface area (Å²) in [5.41, 5.74) is 1.31. The van der Waals surface area contributed by atoms with Gasteiger partial charge in [0.05, 0.1) is 6.42 Å². The molecule has 0 radical (unpaired) electrons. The van der Waals surface area contributed by atoms with Gasteiger partial charge in [0.25, 0.3) is 0 Å². The summed E-state index contributed by atoms with van der Waals surface area (Å²) in [6, 6.07) is 12.4. The third kappa shape index (κ3) is 5.12. The topological polar surface area (TPSA) is 40.6 Å². The number of piperazine rings is 1. The summed E-state index contributed by atoms with van der Waals surface area (Å²) in [6.07, 6.45) is 0.848. The summed E-state index contributed by atoms with van der Waals surface area (Å²) in [6.45, 7) is 1.91. The SMILES string of the molecule is O=C(CCc1ccccc1F)N1CCN(C(=O)Cc2ccc(F)cc2)CC1. The maximum Gasteiger partial charge on any atom is 0.227 e. The number of rotatable bonds is 5. The highest BCUT2D eigenvalue weighted by Crippen LogP contribution is 2.12. The van der Waals surface area contributed by atoms with Crippen LogP contribution in [0.5, 0.6) is 0 Å². The molecule has 3 rings (SSSR count). The molecule has 1 saturated heterocycles. The lowest BCUT2D eigenvalue weighted by Gasteiger charge is -2.35. The molecular formula is C21H22F2N2O2. The smallest absolute Gasteiger partial charge is 0.227 e. The highest BCUT2D eigenvalue weighted by atomic mass is 19.1. The minimum Gasteiger partial charge on any atom is -0.339 e. The summed E-state index contributed by atoms with van der Waals surface area (Å²) >= 11 is 0. The fourth-order valence-corrected chi connectivity index (χ4v) is 3.19. The van der Waals surface area contributed by atoms with Gasteiger partial charge in [0.1, 0.15) is 11.6 Å². The molecule has 0 saturated carbocycles. The Morgan fingerprint density at radius 3 is 2.04 bits per heavy atom. The first-order valence-electron chi connectivity index (χ1n) is 9.06. The maximum absolute atomic E-state index is 13.6. The molecule has 27 heavy (non-hydrogen) atoms. The molecule has 0 N–H and O–H groups in total. The molecule has 2 amide bonds. The Balaban J connectivity index is 1.45. The van der Waals surface area contributed by atoms with E-state index in [0.717, 1.165) is 5.56 Å². The van der Waals surface area contributed by atoms with Gasteiger partial charge < -0.3 is 9.80 Å².